The first-order valence-electron chi connectivity index (χ1n) is 7.51. The molecule has 0 radical (unpaired) electrons. The monoisotopic (exact) mass is 315 g/mol. The summed E-state index contributed by atoms with van der Waals surface area (Å²) in [5.41, 5.74) is 2.79. The minimum atomic E-state index is -0.536. The summed E-state index contributed by atoms with van der Waals surface area (Å²) in [6, 6.07) is 7.90. The lowest BCUT2D eigenvalue weighted by molar-refractivity contribution is 0.158. The zero-order valence-corrected chi connectivity index (χ0v) is 13.6. The summed E-state index contributed by atoms with van der Waals surface area (Å²) in [4.78, 5) is 0. The van der Waals surface area contributed by atoms with E-state index in [1.54, 1.807) is 32.2 Å². The largest absolute Gasteiger partial charge is 0.483 e. The third-order valence-electron chi connectivity index (χ3n) is 4.02. The van der Waals surface area contributed by atoms with Crippen molar-refractivity contribution in [2.75, 3.05) is 12.4 Å². The van der Waals surface area contributed by atoms with Crippen LogP contribution in [0.2, 0.25) is 0 Å². The van der Waals surface area contributed by atoms with Crippen molar-refractivity contribution in [3.63, 3.8) is 0 Å². The van der Waals surface area contributed by atoms with Gasteiger partial charge in [-0.1, -0.05) is 12.1 Å². The van der Waals surface area contributed by atoms with E-state index in [-0.39, 0.29) is 11.6 Å². The fourth-order valence-corrected chi connectivity index (χ4v) is 2.95. The maximum Gasteiger partial charge on any atom is 0.150 e. The Balaban J connectivity index is 2.27. The van der Waals surface area contributed by atoms with Gasteiger partial charge in [0.2, 0.25) is 0 Å². The van der Waals surface area contributed by atoms with Gasteiger partial charge in [0.1, 0.15) is 23.0 Å². The molecule has 0 spiro atoms. The Morgan fingerprint density at radius 1 is 1.09 bits per heavy atom. The summed E-state index contributed by atoms with van der Waals surface area (Å²) >= 11 is 0. The molecule has 0 bridgehead atoms. The summed E-state index contributed by atoms with van der Waals surface area (Å²) < 4.78 is 33.8. The minimum absolute atomic E-state index is 0.297. The van der Waals surface area contributed by atoms with Crippen LogP contribution >= 0.6 is 0 Å². The third kappa shape index (κ3) is 2.69. The average Bonchev–Trinajstić information content (AvgIpc) is 2.49. The summed E-state index contributed by atoms with van der Waals surface area (Å²) in [6.07, 6.45) is 1.95. The predicted octanol–water partition coefficient (Wildman–Crippen LogP) is 4.92. The molecule has 0 unspecified atom stereocenters. The standard InChI is InChI=1S/C19H19F2NO/c1-11-17-14(12-5-7-13(20)8-6-12)10-19(2,3)23-16(17)9-15(22-4)18(11)21/h5-10,22H,1-4H3. The van der Waals surface area contributed by atoms with Crippen LogP contribution in [0, 0.1) is 18.6 Å². The Hall–Kier alpha value is -2.36. The van der Waals surface area contributed by atoms with Crippen molar-refractivity contribution in [1.82, 2.24) is 0 Å². The van der Waals surface area contributed by atoms with E-state index in [0.29, 0.717) is 22.6 Å². The normalized spacial score (nSPS) is 15.5. The van der Waals surface area contributed by atoms with Gasteiger partial charge in [-0.3, -0.25) is 0 Å². The number of benzene rings is 2. The van der Waals surface area contributed by atoms with Gasteiger partial charge in [-0.2, -0.15) is 0 Å². The van der Waals surface area contributed by atoms with Crippen molar-refractivity contribution in [1.29, 1.82) is 0 Å². The second kappa shape index (κ2) is 5.37. The molecular weight excluding hydrogens is 296 g/mol. The number of hydrogen-bond acceptors (Lipinski definition) is 2. The summed E-state index contributed by atoms with van der Waals surface area (Å²) in [5.74, 6) is 0.0250. The molecule has 0 aromatic heterocycles. The average molecular weight is 315 g/mol. The van der Waals surface area contributed by atoms with Crippen LogP contribution < -0.4 is 10.1 Å². The Kier molecular flexibility index (Phi) is 3.63. The number of hydrogen-bond donors (Lipinski definition) is 1. The lowest BCUT2D eigenvalue weighted by atomic mass is 9.87. The molecule has 0 saturated carbocycles. The van der Waals surface area contributed by atoms with Crippen molar-refractivity contribution in [2.24, 2.45) is 0 Å². The van der Waals surface area contributed by atoms with Crippen molar-refractivity contribution in [2.45, 2.75) is 26.4 Å². The molecule has 0 atom stereocenters. The zero-order chi connectivity index (χ0) is 16.8. The van der Waals surface area contributed by atoms with E-state index in [2.05, 4.69) is 5.32 Å². The zero-order valence-electron chi connectivity index (χ0n) is 13.6. The second-order valence-corrected chi connectivity index (χ2v) is 6.26. The van der Waals surface area contributed by atoms with E-state index in [1.807, 2.05) is 19.9 Å². The van der Waals surface area contributed by atoms with E-state index in [1.165, 1.54) is 12.1 Å². The maximum atomic E-state index is 14.5. The molecule has 0 saturated heterocycles. The van der Waals surface area contributed by atoms with Gasteiger partial charge < -0.3 is 10.1 Å². The molecule has 2 nitrogen and oxygen atoms in total. The number of nitrogens with one attached hydrogen (secondary N) is 1. The van der Waals surface area contributed by atoms with Gasteiger partial charge in [-0.25, -0.2) is 8.78 Å². The number of halogens is 2. The molecule has 0 fully saturated rings. The van der Waals surface area contributed by atoms with Gasteiger partial charge in [0.05, 0.1) is 5.69 Å². The molecule has 2 aromatic carbocycles. The molecule has 120 valence electrons. The van der Waals surface area contributed by atoms with Crippen molar-refractivity contribution < 1.29 is 13.5 Å². The molecule has 1 aliphatic rings. The van der Waals surface area contributed by atoms with Crippen LogP contribution in [-0.4, -0.2) is 12.6 Å². The molecule has 1 heterocycles. The van der Waals surface area contributed by atoms with Crippen LogP contribution in [0.4, 0.5) is 14.5 Å². The van der Waals surface area contributed by atoms with E-state index in [0.717, 1.165) is 11.1 Å². The van der Waals surface area contributed by atoms with Crippen LogP contribution in [0.15, 0.2) is 36.4 Å². The predicted molar refractivity (Wildman–Crippen MR) is 88.9 cm³/mol. The van der Waals surface area contributed by atoms with Crippen molar-refractivity contribution >= 4 is 11.3 Å². The minimum Gasteiger partial charge on any atom is -0.483 e. The van der Waals surface area contributed by atoms with Gasteiger partial charge in [0.25, 0.3) is 0 Å². The topological polar surface area (TPSA) is 21.3 Å². The van der Waals surface area contributed by atoms with Crippen LogP contribution in [0.3, 0.4) is 0 Å². The van der Waals surface area contributed by atoms with Gasteiger partial charge in [0.15, 0.2) is 0 Å². The van der Waals surface area contributed by atoms with E-state index < -0.39 is 5.60 Å². The Bertz CT molecular complexity index is 792. The maximum absolute atomic E-state index is 14.5. The van der Waals surface area contributed by atoms with Crippen molar-refractivity contribution in [3.05, 3.63) is 64.7 Å². The highest BCUT2D eigenvalue weighted by molar-refractivity contribution is 5.87. The highest BCUT2D eigenvalue weighted by Crippen LogP contribution is 2.43. The lowest BCUT2D eigenvalue weighted by Gasteiger charge is -2.33. The van der Waals surface area contributed by atoms with E-state index in [4.69, 9.17) is 4.74 Å². The highest BCUT2D eigenvalue weighted by atomic mass is 19.1. The first-order valence-corrected chi connectivity index (χ1v) is 7.51. The van der Waals surface area contributed by atoms with Crippen LogP contribution in [0.25, 0.3) is 5.57 Å². The SMILES string of the molecule is CNc1cc2c(c(C)c1F)C(c1ccc(F)cc1)=CC(C)(C)O2. The van der Waals surface area contributed by atoms with E-state index >= 15 is 0 Å². The first kappa shape index (κ1) is 15.5. The molecular formula is C19H19F2NO. The molecule has 0 amide bonds. The smallest absolute Gasteiger partial charge is 0.150 e. The van der Waals surface area contributed by atoms with Crippen LogP contribution in [0.1, 0.15) is 30.5 Å². The van der Waals surface area contributed by atoms with Crippen molar-refractivity contribution in [3.8, 4) is 5.75 Å². The van der Waals surface area contributed by atoms with Crippen LogP contribution in [-0.2, 0) is 0 Å². The summed E-state index contributed by atoms with van der Waals surface area (Å²) in [6.45, 7) is 5.61. The molecule has 4 heteroatoms. The fourth-order valence-electron chi connectivity index (χ4n) is 2.95. The molecule has 23 heavy (non-hydrogen) atoms. The van der Waals surface area contributed by atoms with Gasteiger partial charge in [-0.15, -0.1) is 0 Å². The molecule has 2 aromatic rings. The molecule has 3 rings (SSSR count). The van der Waals surface area contributed by atoms with Gasteiger partial charge >= 0.3 is 0 Å². The Morgan fingerprint density at radius 2 is 1.74 bits per heavy atom. The number of ether oxygens (including phenoxy) is 1. The first-order chi connectivity index (χ1) is 10.8. The Labute approximate surface area is 134 Å². The highest BCUT2D eigenvalue weighted by Gasteiger charge is 2.30. The summed E-state index contributed by atoms with van der Waals surface area (Å²) in [7, 11) is 1.68. The summed E-state index contributed by atoms with van der Waals surface area (Å²) in [5, 5.41) is 2.85. The van der Waals surface area contributed by atoms with E-state index in [9.17, 15) is 8.78 Å². The molecule has 1 aliphatic heterocycles. The number of anilines is 1. The number of rotatable bonds is 2. The molecule has 0 aliphatic carbocycles. The second-order valence-electron chi connectivity index (χ2n) is 6.26. The third-order valence-corrected chi connectivity index (χ3v) is 4.02. The number of fused-ring (bicyclic) bond motifs is 1. The molecule has 1 N–H and O–H groups in total. The lowest BCUT2D eigenvalue weighted by Crippen LogP contribution is -2.29. The van der Waals surface area contributed by atoms with Gasteiger partial charge in [0, 0.05) is 18.7 Å². The van der Waals surface area contributed by atoms with Crippen LogP contribution in [0.5, 0.6) is 5.75 Å². The quantitative estimate of drug-likeness (QED) is 0.849. The van der Waals surface area contributed by atoms with Gasteiger partial charge in [-0.05, 0) is 55.7 Å². The Morgan fingerprint density at radius 3 is 2.35 bits per heavy atom. The fraction of sp³-hybridized carbons (Fsp3) is 0.263.